The predicted molar refractivity (Wildman–Crippen MR) is 102 cm³/mol. The molecule has 0 saturated heterocycles. The number of carbonyl (C=O) groups excluding carboxylic acids is 1. The Hall–Kier alpha value is -1.66. The molecule has 0 spiro atoms. The third-order valence-electron chi connectivity index (χ3n) is 5.10. The second kappa shape index (κ2) is 7.49. The molecular weight excluding hydrogens is 315 g/mol. The van der Waals surface area contributed by atoms with Crippen molar-refractivity contribution in [3.8, 4) is 5.75 Å². The molecule has 1 aliphatic rings. The lowest BCUT2D eigenvalue weighted by atomic mass is 9.95. The summed E-state index contributed by atoms with van der Waals surface area (Å²) in [6.07, 6.45) is 3.19. The summed E-state index contributed by atoms with van der Waals surface area (Å²) < 4.78 is 5.30. The highest BCUT2D eigenvalue weighted by molar-refractivity contribution is 7.58. The van der Waals surface area contributed by atoms with Gasteiger partial charge in [-0.1, -0.05) is 58.2 Å². The van der Waals surface area contributed by atoms with Crippen molar-refractivity contribution in [2.24, 2.45) is 5.92 Å². The first-order valence-corrected chi connectivity index (χ1v) is 10.5. The number of benzene rings is 2. The monoisotopic (exact) mass is 340 g/mol. The van der Waals surface area contributed by atoms with Crippen molar-refractivity contribution >= 4 is 13.7 Å². The highest BCUT2D eigenvalue weighted by Gasteiger charge is 2.39. The van der Waals surface area contributed by atoms with Gasteiger partial charge in [-0.2, -0.15) is 0 Å². The van der Waals surface area contributed by atoms with Gasteiger partial charge in [0.15, 0.2) is 5.78 Å². The number of rotatable bonds is 6. The first kappa shape index (κ1) is 17.2. The van der Waals surface area contributed by atoms with Crippen LogP contribution in [0.4, 0.5) is 0 Å². The summed E-state index contributed by atoms with van der Waals surface area (Å²) in [5.74, 6) is 1.29. The number of ketones is 1. The van der Waals surface area contributed by atoms with Crippen molar-refractivity contribution in [3.05, 3.63) is 65.2 Å². The van der Waals surface area contributed by atoms with Crippen LogP contribution < -0.4 is 4.74 Å². The Morgan fingerprint density at radius 3 is 2.33 bits per heavy atom. The van der Waals surface area contributed by atoms with E-state index in [1.807, 2.05) is 30.3 Å². The first-order chi connectivity index (χ1) is 11.7. The summed E-state index contributed by atoms with van der Waals surface area (Å²) in [4.78, 5) is 13.1. The van der Waals surface area contributed by atoms with Crippen LogP contribution in [-0.4, -0.2) is 25.2 Å². The quantitative estimate of drug-likeness (QED) is 0.666. The average molecular weight is 340 g/mol. The fraction of sp³-hybridized carbons (Fsp3) is 0.381. The molecule has 2 aromatic rings. The van der Waals surface area contributed by atoms with E-state index in [1.165, 1.54) is 11.1 Å². The van der Waals surface area contributed by atoms with Crippen LogP contribution in [0.2, 0.25) is 0 Å². The second-order valence-corrected chi connectivity index (χ2v) is 9.27. The van der Waals surface area contributed by atoms with E-state index < -0.39 is 0 Å². The Labute approximate surface area is 146 Å². The molecule has 2 nitrogen and oxygen atoms in total. The molecule has 24 heavy (non-hydrogen) atoms. The van der Waals surface area contributed by atoms with E-state index >= 15 is 0 Å². The van der Waals surface area contributed by atoms with E-state index in [0.717, 1.165) is 30.1 Å². The van der Waals surface area contributed by atoms with Gasteiger partial charge in [0.2, 0.25) is 0 Å². The Balaban J connectivity index is 1.98. The number of hydrogen-bond acceptors (Lipinski definition) is 2. The molecule has 0 saturated carbocycles. The average Bonchev–Trinajstić information content (AvgIpc) is 2.96. The van der Waals surface area contributed by atoms with E-state index in [0.29, 0.717) is 11.4 Å². The van der Waals surface area contributed by atoms with Crippen LogP contribution in [0.25, 0.3) is 0 Å². The number of Topliss-reactive ketones (excluding diaryl/α,β-unsaturated/α-hetero) is 1. The first-order valence-electron chi connectivity index (χ1n) is 8.69. The van der Waals surface area contributed by atoms with Crippen molar-refractivity contribution in [3.63, 3.8) is 0 Å². The van der Waals surface area contributed by atoms with E-state index in [-0.39, 0.29) is 13.8 Å². The maximum Gasteiger partial charge on any atom is 0.167 e. The van der Waals surface area contributed by atoms with Gasteiger partial charge in [0, 0.05) is 17.1 Å². The fourth-order valence-electron chi connectivity index (χ4n) is 3.84. The lowest BCUT2D eigenvalue weighted by molar-refractivity contribution is 0.0933. The Bertz CT molecular complexity index is 704. The molecule has 0 heterocycles. The van der Waals surface area contributed by atoms with Gasteiger partial charge in [-0.3, -0.25) is 4.79 Å². The highest BCUT2D eigenvalue weighted by atomic mass is 31.1. The van der Waals surface area contributed by atoms with E-state index in [1.54, 1.807) is 7.11 Å². The minimum atomic E-state index is -0.212. The Morgan fingerprint density at radius 2 is 1.75 bits per heavy atom. The number of hydrogen-bond donors (Lipinski definition) is 0. The highest BCUT2D eigenvalue weighted by Crippen LogP contribution is 2.57. The molecule has 2 aromatic carbocycles. The molecular formula is C21H25O2P. The zero-order valence-electron chi connectivity index (χ0n) is 14.7. The van der Waals surface area contributed by atoms with Crippen LogP contribution in [0.5, 0.6) is 5.75 Å². The molecule has 2 unspecified atom stereocenters. The van der Waals surface area contributed by atoms with Gasteiger partial charge in [0.1, 0.15) is 5.75 Å². The Morgan fingerprint density at radius 1 is 1.08 bits per heavy atom. The molecule has 3 rings (SSSR count). The zero-order valence-corrected chi connectivity index (χ0v) is 15.6. The molecule has 0 fully saturated rings. The molecule has 126 valence electrons. The summed E-state index contributed by atoms with van der Waals surface area (Å²) >= 11 is 0. The fourth-order valence-corrected chi connectivity index (χ4v) is 6.42. The maximum atomic E-state index is 13.1. The van der Waals surface area contributed by atoms with Crippen molar-refractivity contribution in [2.75, 3.05) is 19.4 Å². The topological polar surface area (TPSA) is 26.3 Å². The number of ether oxygens (including phenoxy) is 1. The summed E-state index contributed by atoms with van der Waals surface area (Å²) in [6, 6.07) is 16.5. The van der Waals surface area contributed by atoms with Crippen LogP contribution in [0.15, 0.2) is 48.5 Å². The largest absolute Gasteiger partial charge is 0.497 e. The van der Waals surface area contributed by atoms with E-state index in [4.69, 9.17) is 4.74 Å². The van der Waals surface area contributed by atoms with E-state index in [9.17, 15) is 4.79 Å². The van der Waals surface area contributed by atoms with Gasteiger partial charge in [0.25, 0.3) is 0 Å². The van der Waals surface area contributed by atoms with Gasteiger partial charge >= 0.3 is 0 Å². The molecule has 0 bridgehead atoms. The maximum absolute atomic E-state index is 13.1. The summed E-state index contributed by atoms with van der Waals surface area (Å²) in [5.41, 5.74) is 3.77. The van der Waals surface area contributed by atoms with Crippen LogP contribution in [0.1, 0.15) is 41.0 Å². The number of methoxy groups -OCH3 is 1. The molecule has 0 N–H and O–H groups in total. The van der Waals surface area contributed by atoms with Gasteiger partial charge < -0.3 is 4.74 Å². The lowest BCUT2D eigenvalue weighted by Crippen LogP contribution is -2.19. The Kier molecular flexibility index (Phi) is 5.36. The molecule has 2 atom stereocenters. The summed E-state index contributed by atoms with van der Waals surface area (Å²) in [6.45, 7) is 4.52. The van der Waals surface area contributed by atoms with Crippen LogP contribution in [0, 0.1) is 5.92 Å². The lowest BCUT2D eigenvalue weighted by Gasteiger charge is -2.31. The molecule has 0 radical (unpaired) electrons. The number of carbonyl (C=O) groups is 1. The SMILES string of the molecule is CCP(CC)C(c1ccc(OC)cc1)C1Cc2ccccc2C1=O. The van der Waals surface area contributed by atoms with Gasteiger partial charge in [-0.05, 0) is 42.0 Å². The van der Waals surface area contributed by atoms with Gasteiger partial charge in [0.05, 0.1) is 7.11 Å². The van der Waals surface area contributed by atoms with Crippen molar-refractivity contribution in [2.45, 2.75) is 25.9 Å². The minimum Gasteiger partial charge on any atom is -0.497 e. The van der Waals surface area contributed by atoms with Crippen molar-refractivity contribution in [1.82, 2.24) is 0 Å². The molecule has 1 aliphatic carbocycles. The van der Waals surface area contributed by atoms with E-state index in [2.05, 4.69) is 32.0 Å². The third kappa shape index (κ3) is 3.13. The van der Waals surface area contributed by atoms with Crippen LogP contribution in [-0.2, 0) is 6.42 Å². The van der Waals surface area contributed by atoms with Gasteiger partial charge in [-0.15, -0.1) is 0 Å². The molecule has 0 amide bonds. The molecule has 0 aromatic heterocycles. The standard InChI is InChI=1S/C21H25O2P/c1-4-24(5-2)21(15-10-12-17(23-3)13-11-15)19-14-16-8-6-7-9-18(16)20(19)22/h6-13,19,21H,4-5,14H2,1-3H3. The van der Waals surface area contributed by atoms with Crippen LogP contribution >= 0.6 is 7.92 Å². The van der Waals surface area contributed by atoms with Crippen LogP contribution in [0.3, 0.4) is 0 Å². The van der Waals surface area contributed by atoms with Gasteiger partial charge in [-0.25, -0.2) is 0 Å². The number of fused-ring (bicyclic) bond motifs is 1. The van der Waals surface area contributed by atoms with Crippen molar-refractivity contribution < 1.29 is 9.53 Å². The smallest absolute Gasteiger partial charge is 0.167 e. The second-order valence-electron chi connectivity index (χ2n) is 6.27. The zero-order chi connectivity index (χ0) is 17.1. The minimum absolute atomic E-state index is 0.0850. The predicted octanol–water partition coefficient (Wildman–Crippen LogP) is 5.31. The summed E-state index contributed by atoms with van der Waals surface area (Å²) in [5, 5.41) is 0. The summed E-state index contributed by atoms with van der Waals surface area (Å²) in [7, 11) is 1.48. The molecule has 3 heteroatoms. The normalized spacial score (nSPS) is 17.8. The third-order valence-corrected chi connectivity index (χ3v) is 8.17. The van der Waals surface area contributed by atoms with Crippen molar-refractivity contribution in [1.29, 1.82) is 0 Å². The molecule has 0 aliphatic heterocycles.